The van der Waals surface area contributed by atoms with E-state index in [1.165, 1.54) is 11.8 Å². The summed E-state index contributed by atoms with van der Waals surface area (Å²) in [5.41, 5.74) is 1.91. The van der Waals surface area contributed by atoms with Crippen molar-refractivity contribution in [2.24, 2.45) is 0 Å². The van der Waals surface area contributed by atoms with E-state index in [-0.39, 0.29) is 0 Å². The maximum absolute atomic E-state index is 13.8. The largest absolute Gasteiger partial charge is 0.493 e. The van der Waals surface area contributed by atoms with Crippen LogP contribution in [0.15, 0.2) is 101 Å². The summed E-state index contributed by atoms with van der Waals surface area (Å²) in [6, 6.07) is 28.6. The molecular weight excluding hydrogens is 492 g/mol. The van der Waals surface area contributed by atoms with Gasteiger partial charge in [-0.1, -0.05) is 71.9 Å². The van der Waals surface area contributed by atoms with Crippen LogP contribution in [-0.4, -0.2) is 22.4 Å². The van der Waals surface area contributed by atoms with Gasteiger partial charge in [0.15, 0.2) is 0 Å². The SMILES string of the molecule is CCOc1ccc2ccccc2c1C(=O)Oc1c(Sc2ccc(Cl)cc2)c(C)nn1-c1ccccc1. The molecular formula is C29H23ClN2O3S. The number of esters is 1. The zero-order valence-corrected chi connectivity index (χ0v) is 21.3. The number of nitrogens with zero attached hydrogens (tertiary/aromatic N) is 2. The molecule has 180 valence electrons. The Bertz CT molecular complexity index is 1530. The molecule has 0 spiro atoms. The topological polar surface area (TPSA) is 53.4 Å². The van der Waals surface area contributed by atoms with Crippen molar-refractivity contribution in [1.29, 1.82) is 0 Å². The number of hydrogen-bond donors (Lipinski definition) is 0. The highest BCUT2D eigenvalue weighted by Gasteiger charge is 2.25. The van der Waals surface area contributed by atoms with Crippen LogP contribution >= 0.6 is 23.4 Å². The number of ether oxygens (including phenoxy) is 2. The Morgan fingerprint density at radius 3 is 2.42 bits per heavy atom. The van der Waals surface area contributed by atoms with Crippen LogP contribution in [0.1, 0.15) is 23.0 Å². The lowest BCUT2D eigenvalue weighted by molar-refractivity contribution is 0.0716. The minimum absolute atomic E-state index is 0.346. The number of rotatable bonds is 7. The normalized spacial score (nSPS) is 11.0. The Balaban J connectivity index is 1.62. The average Bonchev–Trinajstić information content (AvgIpc) is 3.20. The molecule has 0 unspecified atom stereocenters. The second-order valence-electron chi connectivity index (χ2n) is 8.01. The highest BCUT2D eigenvalue weighted by atomic mass is 35.5. The van der Waals surface area contributed by atoms with Gasteiger partial charge in [0, 0.05) is 9.92 Å². The van der Waals surface area contributed by atoms with E-state index in [0.717, 1.165) is 31.9 Å². The molecule has 5 aromatic rings. The highest BCUT2D eigenvalue weighted by molar-refractivity contribution is 7.99. The van der Waals surface area contributed by atoms with Crippen LogP contribution in [0.2, 0.25) is 5.02 Å². The van der Waals surface area contributed by atoms with Crippen LogP contribution in [0, 0.1) is 6.92 Å². The van der Waals surface area contributed by atoms with Crippen LogP contribution < -0.4 is 9.47 Å². The Kier molecular flexibility index (Phi) is 6.98. The number of fused-ring (bicyclic) bond motifs is 1. The molecule has 7 heteroatoms. The minimum Gasteiger partial charge on any atom is -0.493 e. The maximum atomic E-state index is 13.8. The summed E-state index contributed by atoms with van der Waals surface area (Å²) in [4.78, 5) is 15.5. The van der Waals surface area contributed by atoms with E-state index in [9.17, 15) is 4.79 Å². The molecule has 0 aliphatic carbocycles. The fourth-order valence-electron chi connectivity index (χ4n) is 3.94. The lowest BCUT2D eigenvalue weighted by atomic mass is 10.0. The molecule has 0 fully saturated rings. The number of hydrogen-bond acceptors (Lipinski definition) is 5. The molecule has 0 amide bonds. The molecule has 36 heavy (non-hydrogen) atoms. The van der Waals surface area contributed by atoms with Crippen LogP contribution in [0.4, 0.5) is 0 Å². The van der Waals surface area contributed by atoms with E-state index in [2.05, 4.69) is 0 Å². The molecule has 1 heterocycles. The van der Waals surface area contributed by atoms with Gasteiger partial charge in [-0.25, -0.2) is 4.79 Å². The standard InChI is InChI=1S/C29H23ClN2O3S/c1-3-34-25-18-13-20-9-7-8-12-24(20)26(25)29(33)35-28-27(36-23-16-14-21(30)15-17-23)19(2)31-32(28)22-10-5-4-6-11-22/h4-18H,3H2,1-2H3. The van der Waals surface area contributed by atoms with Crippen molar-refractivity contribution < 1.29 is 14.3 Å². The second kappa shape index (κ2) is 10.5. The maximum Gasteiger partial charge on any atom is 0.349 e. The first-order chi connectivity index (χ1) is 17.5. The second-order valence-corrected chi connectivity index (χ2v) is 9.53. The van der Waals surface area contributed by atoms with E-state index in [4.69, 9.17) is 26.2 Å². The van der Waals surface area contributed by atoms with Gasteiger partial charge in [-0.3, -0.25) is 0 Å². The smallest absolute Gasteiger partial charge is 0.349 e. The number of aromatic nitrogens is 2. The summed E-state index contributed by atoms with van der Waals surface area (Å²) in [6.07, 6.45) is 0. The van der Waals surface area contributed by atoms with Gasteiger partial charge in [-0.2, -0.15) is 9.78 Å². The Labute approximate surface area is 218 Å². The van der Waals surface area contributed by atoms with Crippen molar-refractivity contribution in [3.63, 3.8) is 0 Å². The molecule has 0 aliphatic heterocycles. The zero-order valence-electron chi connectivity index (χ0n) is 19.8. The third-order valence-corrected chi connectivity index (χ3v) is 7.02. The number of para-hydroxylation sites is 1. The first-order valence-corrected chi connectivity index (χ1v) is 12.7. The summed E-state index contributed by atoms with van der Waals surface area (Å²) in [5, 5.41) is 7.07. The molecule has 0 N–H and O–H groups in total. The molecule has 1 aromatic heterocycles. The molecule has 0 bridgehead atoms. The predicted octanol–water partition coefficient (Wildman–Crippen LogP) is 7.76. The summed E-state index contributed by atoms with van der Waals surface area (Å²) in [7, 11) is 0. The zero-order chi connectivity index (χ0) is 25.1. The molecule has 0 aliphatic rings. The summed E-state index contributed by atoms with van der Waals surface area (Å²) in [5.74, 6) is 0.319. The predicted molar refractivity (Wildman–Crippen MR) is 144 cm³/mol. The van der Waals surface area contributed by atoms with Crippen molar-refractivity contribution in [3.8, 4) is 17.3 Å². The Morgan fingerprint density at radius 2 is 1.67 bits per heavy atom. The quantitative estimate of drug-likeness (QED) is 0.208. The lowest BCUT2D eigenvalue weighted by Crippen LogP contribution is -2.14. The van der Waals surface area contributed by atoms with Crippen molar-refractivity contribution in [2.75, 3.05) is 6.61 Å². The number of carbonyl (C=O) groups is 1. The van der Waals surface area contributed by atoms with Gasteiger partial charge >= 0.3 is 5.97 Å². The molecule has 4 aromatic carbocycles. The highest BCUT2D eigenvalue weighted by Crippen LogP contribution is 2.40. The number of halogens is 1. The van der Waals surface area contributed by atoms with Crippen molar-refractivity contribution in [1.82, 2.24) is 9.78 Å². The van der Waals surface area contributed by atoms with Gasteiger partial charge in [0.2, 0.25) is 5.88 Å². The summed E-state index contributed by atoms with van der Waals surface area (Å²) >= 11 is 7.55. The lowest BCUT2D eigenvalue weighted by Gasteiger charge is -2.14. The third kappa shape index (κ3) is 4.83. The van der Waals surface area contributed by atoms with E-state index in [1.54, 1.807) is 4.68 Å². The van der Waals surface area contributed by atoms with Crippen LogP contribution in [0.5, 0.6) is 11.6 Å². The van der Waals surface area contributed by atoms with E-state index in [1.807, 2.05) is 105 Å². The summed E-state index contributed by atoms with van der Waals surface area (Å²) < 4.78 is 13.6. The molecule has 0 radical (unpaired) electrons. The van der Waals surface area contributed by atoms with E-state index >= 15 is 0 Å². The number of carbonyl (C=O) groups excluding carboxylic acids is 1. The van der Waals surface area contributed by atoms with E-state index < -0.39 is 5.97 Å². The van der Waals surface area contributed by atoms with Gasteiger partial charge in [0.1, 0.15) is 11.3 Å². The molecule has 5 rings (SSSR count). The monoisotopic (exact) mass is 514 g/mol. The Morgan fingerprint density at radius 1 is 0.944 bits per heavy atom. The minimum atomic E-state index is -0.509. The Hall–Kier alpha value is -3.74. The fraction of sp³-hybridized carbons (Fsp3) is 0.103. The van der Waals surface area contributed by atoms with Gasteiger partial charge < -0.3 is 9.47 Å². The van der Waals surface area contributed by atoms with E-state index in [0.29, 0.717) is 28.8 Å². The van der Waals surface area contributed by atoms with Gasteiger partial charge in [-0.05, 0) is 67.1 Å². The van der Waals surface area contributed by atoms with Crippen molar-refractivity contribution in [3.05, 3.63) is 107 Å². The number of aryl methyl sites for hydroxylation is 1. The molecule has 5 nitrogen and oxygen atoms in total. The number of benzene rings is 4. The van der Waals surface area contributed by atoms with Gasteiger partial charge in [-0.15, -0.1) is 0 Å². The van der Waals surface area contributed by atoms with Crippen LogP contribution in [0.3, 0.4) is 0 Å². The third-order valence-electron chi connectivity index (χ3n) is 5.58. The first kappa shape index (κ1) is 24.0. The van der Waals surface area contributed by atoms with Crippen molar-refractivity contribution >= 4 is 40.1 Å². The van der Waals surface area contributed by atoms with Crippen molar-refractivity contribution in [2.45, 2.75) is 23.6 Å². The van der Waals surface area contributed by atoms with Gasteiger partial charge in [0.05, 0.1) is 22.9 Å². The van der Waals surface area contributed by atoms with Gasteiger partial charge in [0.25, 0.3) is 0 Å². The molecule has 0 atom stereocenters. The van der Waals surface area contributed by atoms with Crippen LogP contribution in [0.25, 0.3) is 16.5 Å². The van der Waals surface area contributed by atoms with Crippen LogP contribution in [-0.2, 0) is 0 Å². The average molecular weight is 515 g/mol. The summed E-state index contributed by atoms with van der Waals surface area (Å²) in [6.45, 7) is 4.22. The fourth-order valence-corrected chi connectivity index (χ4v) is 4.98. The first-order valence-electron chi connectivity index (χ1n) is 11.5. The molecule has 0 saturated carbocycles. The molecule has 0 saturated heterocycles.